The van der Waals surface area contributed by atoms with Crippen molar-refractivity contribution in [3.63, 3.8) is 0 Å². The van der Waals surface area contributed by atoms with E-state index in [2.05, 4.69) is 10.3 Å². The average molecular weight is 418 g/mol. The van der Waals surface area contributed by atoms with E-state index in [4.69, 9.17) is 16.3 Å². The Bertz CT molecular complexity index is 905. The van der Waals surface area contributed by atoms with Crippen molar-refractivity contribution in [3.8, 4) is 5.75 Å². The monoisotopic (exact) mass is 417 g/mol. The predicted octanol–water partition coefficient (Wildman–Crippen LogP) is 2.29. The molecule has 154 valence electrons. The van der Waals surface area contributed by atoms with Crippen LogP contribution in [0.1, 0.15) is 38.4 Å². The highest BCUT2D eigenvalue weighted by atomic mass is 35.5. The molecule has 2 aliphatic heterocycles. The fraction of sp³-hybridized carbons (Fsp3) is 0.500. The number of aromatic nitrogens is 3. The molecule has 2 aromatic rings. The van der Waals surface area contributed by atoms with Crippen molar-refractivity contribution in [1.29, 1.82) is 0 Å². The Morgan fingerprint density at radius 1 is 1.28 bits per heavy atom. The highest BCUT2D eigenvalue weighted by Gasteiger charge is 2.41. The maximum atomic E-state index is 12.9. The Balaban J connectivity index is 1.31. The summed E-state index contributed by atoms with van der Waals surface area (Å²) in [6, 6.07) is 7.04. The van der Waals surface area contributed by atoms with Crippen molar-refractivity contribution in [2.45, 2.75) is 44.9 Å². The summed E-state index contributed by atoms with van der Waals surface area (Å²) in [6.45, 7) is 5.90. The van der Waals surface area contributed by atoms with E-state index in [1.165, 1.54) is 0 Å². The van der Waals surface area contributed by atoms with Crippen molar-refractivity contribution >= 4 is 23.4 Å². The highest BCUT2D eigenvalue weighted by molar-refractivity contribution is 6.30. The normalized spacial score (nSPS) is 17.6. The number of carbonyl (C=O) groups excluding carboxylic acids is 2. The number of hydrogen-bond donors (Lipinski definition) is 0. The zero-order chi connectivity index (χ0) is 20.6. The first-order chi connectivity index (χ1) is 13.8. The topological polar surface area (TPSA) is 80.6 Å². The first-order valence-corrected chi connectivity index (χ1v) is 10.1. The van der Waals surface area contributed by atoms with Gasteiger partial charge in [0.05, 0.1) is 18.8 Å². The molecule has 0 radical (unpaired) electrons. The molecular formula is C20H24ClN5O3. The third-order valence-corrected chi connectivity index (χ3v) is 5.56. The summed E-state index contributed by atoms with van der Waals surface area (Å²) in [5, 5.41) is 8.98. The van der Waals surface area contributed by atoms with Gasteiger partial charge < -0.3 is 14.5 Å². The van der Waals surface area contributed by atoms with Crippen LogP contribution in [-0.2, 0) is 16.1 Å². The summed E-state index contributed by atoms with van der Waals surface area (Å²) in [6.07, 6.45) is 3.38. The molecule has 9 heteroatoms. The molecule has 1 aromatic heterocycles. The third kappa shape index (κ3) is 4.22. The number of amides is 2. The van der Waals surface area contributed by atoms with Gasteiger partial charge in [-0.25, -0.2) is 4.68 Å². The van der Waals surface area contributed by atoms with Crippen LogP contribution in [-0.4, -0.2) is 61.8 Å². The minimum atomic E-state index is -0.984. The second-order valence-electron chi connectivity index (χ2n) is 8.04. The molecule has 1 aromatic carbocycles. The van der Waals surface area contributed by atoms with Crippen LogP contribution >= 0.6 is 11.6 Å². The second-order valence-corrected chi connectivity index (χ2v) is 8.48. The zero-order valence-corrected chi connectivity index (χ0v) is 17.3. The van der Waals surface area contributed by atoms with Crippen LogP contribution in [0.5, 0.6) is 5.75 Å². The van der Waals surface area contributed by atoms with Gasteiger partial charge in [-0.3, -0.25) is 9.59 Å². The molecule has 2 saturated heterocycles. The lowest BCUT2D eigenvalue weighted by Gasteiger charge is -2.42. The summed E-state index contributed by atoms with van der Waals surface area (Å²) >= 11 is 5.89. The van der Waals surface area contributed by atoms with Crippen molar-refractivity contribution in [1.82, 2.24) is 24.8 Å². The van der Waals surface area contributed by atoms with E-state index in [1.54, 1.807) is 47.7 Å². The third-order valence-electron chi connectivity index (χ3n) is 5.31. The number of halogens is 1. The number of rotatable bonds is 6. The molecule has 29 heavy (non-hydrogen) atoms. The van der Waals surface area contributed by atoms with Crippen molar-refractivity contribution in [2.24, 2.45) is 0 Å². The van der Waals surface area contributed by atoms with Crippen molar-refractivity contribution in [3.05, 3.63) is 41.2 Å². The molecule has 2 aliphatic rings. The van der Waals surface area contributed by atoms with Gasteiger partial charge in [0.2, 0.25) is 5.91 Å². The summed E-state index contributed by atoms with van der Waals surface area (Å²) < 4.78 is 7.67. The number of likely N-dealkylation sites (tertiary alicyclic amines) is 2. The molecule has 0 saturated carbocycles. The van der Waals surface area contributed by atoms with Crippen LogP contribution < -0.4 is 4.74 Å². The number of carbonyl (C=O) groups is 2. The molecule has 0 aliphatic carbocycles. The molecule has 8 nitrogen and oxygen atoms in total. The van der Waals surface area contributed by atoms with Crippen LogP contribution in [0.3, 0.4) is 0 Å². The van der Waals surface area contributed by atoms with Gasteiger partial charge >= 0.3 is 0 Å². The van der Waals surface area contributed by atoms with E-state index in [0.29, 0.717) is 36.8 Å². The smallest absolute Gasteiger partial charge is 0.266 e. The Hall–Kier alpha value is -2.61. The largest absolute Gasteiger partial charge is 0.478 e. The van der Waals surface area contributed by atoms with Crippen LogP contribution in [0.2, 0.25) is 5.02 Å². The Kier molecular flexibility index (Phi) is 5.21. The maximum absolute atomic E-state index is 12.9. The van der Waals surface area contributed by atoms with Crippen LogP contribution in [0.15, 0.2) is 30.5 Å². The highest BCUT2D eigenvalue weighted by Crippen LogP contribution is 2.27. The van der Waals surface area contributed by atoms with E-state index in [0.717, 1.165) is 18.7 Å². The summed E-state index contributed by atoms with van der Waals surface area (Å²) in [5.41, 5.74) is -0.209. The van der Waals surface area contributed by atoms with E-state index in [9.17, 15) is 9.59 Å². The minimum Gasteiger partial charge on any atom is -0.478 e. The molecule has 3 heterocycles. The van der Waals surface area contributed by atoms with Gasteiger partial charge in [0.1, 0.15) is 11.4 Å². The summed E-state index contributed by atoms with van der Waals surface area (Å²) in [5.74, 6) is 0.691. The van der Waals surface area contributed by atoms with E-state index < -0.39 is 5.60 Å². The molecule has 0 bridgehead atoms. The molecule has 0 spiro atoms. The Morgan fingerprint density at radius 2 is 2.00 bits per heavy atom. The predicted molar refractivity (Wildman–Crippen MR) is 106 cm³/mol. The quantitative estimate of drug-likeness (QED) is 0.720. The number of nitrogens with zero attached hydrogens (tertiary/aromatic N) is 5. The number of ether oxygens (including phenoxy) is 1. The van der Waals surface area contributed by atoms with Crippen LogP contribution in [0.4, 0.5) is 0 Å². The maximum Gasteiger partial charge on any atom is 0.266 e. The first kappa shape index (κ1) is 19.7. The van der Waals surface area contributed by atoms with Gasteiger partial charge in [0.15, 0.2) is 5.60 Å². The van der Waals surface area contributed by atoms with Crippen molar-refractivity contribution < 1.29 is 14.3 Å². The zero-order valence-electron chi connectivity index (χ0n) is 16.5. The van der Waals surface area contributed by atoms with Gasteiger partial charge in [-0.05, 0) is 44.5 Å². The standard InChI is InChI=1S/C20H24ClN5O3/c1-20(2,29-17-7-5-14(21)6-8-17)19(28)25-12-16(13-25)26-11-15(22-23-26)10-24-9-3-4-18(24)27/h5-8,11,16H,3-4,9-10,12-13H2,1-2H3. The lowest BCUT2D eigenvalue weighted by molar-refractivity contribution is -0.151. The first-order valence-electron chi connectivity index (χ1n) is 9.74. The molecule has 0 unspecified atom stereocenters. The van der Waals surface area contributed by atoms with Crippen molar-refractivity contribution in [2.75, 3.05) is 19.6 Å². The average Bonchev–Trinajstić information content (AvgIpc) is 3.25. The van der Waals surface area contributed by atoms with E-state index >= 15 is 0 Å². The minimum absolute atomic E-state index is 0.0771. The molecule has 0 atom stereocenters. The summed E-state index contributed by atoms with van der Waals surface area (Å²) in [7, 11) is 0. The summed E-state index contributed by atoms with van der Waals surface area (Å²) in [4.78, 5) is 28.2. The second kappa shape index (κ2) is 7.67. The molecule has 0 N–H and O–H groups in total. The lowest BCUT2D eigenvalue weighted by Crippen LogP contribution is -2.58. The molecule has 2 amide bonds. The van der Waals surface area contributed by atoms with Gasteiger partial charge in [-0.15, -0.1) is 5.10 Å². The Morgan fingerprint density at radius 3 is 2.66 bits per heavy atom. The van der Waals surface area contributed by atoms with Crippen LogP contribution in [0, 0.1) is 0 Å². The molecule has 4 rings (SSSR count). The Labute approximate surface area is 174 Å². The van der Waals surface area contributed by atoms with E-state index in [-0.39, 0.29) is 17.9 Å². The van der Waals surface area contributed by atoms with Gasteiger partial charge in [0.25, 0.3) is 5.91 Å². The number of hydrogen-bond acceptors (Lipinski definition) is 5. The van der Waals surface area contributed by atoms with Crippen LogP contribution in [0.25, 0.3) is 0 Å². The van der Waals surface area contributed by atoms with Gasteiger partial charge in [-0.1, -0.05) is 16.8 Å². The molecule has 2 fully saturated rings. The SMILES string of the molecule is CC(C)(Oc1ccc(Cl)cc1)C(=O)N1CC(n2cc(CN3CCCC3=O)nn2)C1. The fourth-order valence-corrected chi connectivity index (χ4v) is 3.77. The molecular weight excluding hydrogens is 394 g/mol. The van der Waals surface area contributed by atoms with Gasteiger partial charge in [0, 0.05) is 31.1 Å². The van der Waals surface area contributed by atoms with Gasteiger partial charge in [-0.2, -0.15) is 0 Å². The fourth-order valence-electron chi connectivity index (χ4n) is 3.64. The van der Waals surface area contributed by atoms with E-state index in [1.807, 2.05) is 11.1 Å². The number of benzene rings is 1. The lowest BCUT2D eigenvalue weighted by atomic mass is 10.0.